The van der Waals surface area contributed by atoms with Crippen molar-refractivity contribution in [1.29, 1.82) is 0 Å². The number of esters is 1. The minimum absolute atomic E-state index is 0.0383. The Morgan fingerprint density at radius 3 is 1.97 bits per heavy atom. The molecule has 3 aromatic rings. The largest absolute Gasteiger partial charge is 0.508 e. The van der Waals surface area contributed by atoms with E-state index in [1.165, 1.54) is 12.1 Å². The number of hydrogen-bond donors (Lipinski definition) is 2. The summed E-state index contributed by atoms with van der Waals surface area (Å²) in [5, 5.41) is 20.0. The van der Waals surface area contributed by atoms with E-state index in [2.05, 4.69) is 45.2 Å². The van der Waals surface area contributed by atoms with Crippen molar-refractivity contribution in [2.75, 3.05) is 0 Å². The van der Waals surface area contributed by atoms with Gasteiger partial charge in [-0.1, -0.05) is 0 Å². The average Bonchev–Trinajstić information content (AvgIpc) is 2.97. The van der Waals surface area contributed by atoms with Gasteiger partial charge in [0.15, 0.2) is 5.60 Å². The summed E-state index contributed by atoms with van der Waals surface area (Å²) < 4.78 is 14.2. The van der Waals surface area contributed by atoms with E-state index in [0.29, 0.717) is 28.2 Å². The van der Waals surface area contributed by atoms with Crippen molar-refractivity contribution in [3.63, 3.8) is 0 Å². The van der Waals surface area contributed by atoms with Crippen molar-refractivity contribution in [1.82, 2.24) is 0 Å². The molecular weight excluding hydrogens is 598 g/mol. The van der Waals surface area contributed by atoms with Gasteiger partial charge in [0.25, 0.3) is 0 Å². The third kappa shape index (κ3) is 2.40. The number of hydrogen-bond acceptors (Lipinski definition) is 5. The van der Waals surface area contributed by atoms with Crippen LogP contribution in [0, 0.1) is 21.0 Å². The van der Waals surface area contributed by atoms with Gasteiger partial charge in [-0.05, 0) is 94.4 Å². The van der Waals surface area contributed by atoms with E-state index in [1.54, 1.807) is 24.3 Å². The van der Waals surface area contributed by atoms with Crippen LogP contribution in [-0.2, 0) is 10.3 Å². The van der Waals surface area contributed by atoms with E-state index >= 15 is 0 Å². The minimum Gasteiger partial charge on any atom is -0.508 e. The number of phenolic OH excluding ortho intramolecular Hbond substituents is 2. The highest BCUT2D eigenvalue weighted by Gasteiger charge is 2.55. The fraction of sp³-hybridized carbons (Fsp3) is 0.136. The van der Waals surface area contributed by atoms with Crippen molar-refractivity contribution >= 4 is 51.2 Å². The Hall–Kier alpha value is -2.01. The molecule has 2 N–H and O–H groups in total. The molecule has 2 aliphatic rings. The second-order valence-corrected chi connectivity index (χ2v) is 9.32. The van der Waals surface area contributed by atoms with E-state index in [4.69, 9.17) is 9.47 Å². The van der Waals surface area contributed by atoms with Gasteiger partial charge in [-0.15, -0.1) is 0 Å². The molecular formula is C22H14I2O5. The van der Waals surface area contributed by atoms with E-state index < -0.39 is 11.6 Å². The molecule has 29 heavy (non-hydrogen) atoms. The highest BCUT2D eigenvalue weighted by Crippen LogP contribution is 2.58. The van der Waals surface area contributed by atoms with E-state index in [9.17, 15) is 15.0 Å². The van der Waals surface area contributed by atoms with Gasteiger partial charge in [0.2, 0.25) is 0 Å². The molecule has 0 aliphatic carbocycles. The molecule has 2 heterocycles. The molecule has 0 aromatic heterocycles. The lowest BCUT2D eigenvalue weighted by atomic mass is 9.76. The molecule has 7 heteroatoms. The van der Waals surface area contributed by atoms with Crippen LogP contribution in [-0.4, -0.2) is 16.2 Å². The van der Waals surface area contributed by atoms with Gasteiger partial charge in [-0.3, -0.25) is 0 Å². The summed E-state index contributed by atoms with van der Waals surface area (Å²) in [5.74, 6) is 0.447. The van der Waals surface area contributed by atoms with Crippen LogP contribution in [0.4, 0.5) is 0 Å². The number of ether oxygens (including phenoxy) is 2. The molecule has 5 rings (SSSR count). The maximum Gasteiger partial charge on any atom is 0.340 e. The minimum atomic E-state index is -1.22. The second kappa shape index (κ2) is 6.24. The Kier molecular flexibility index (Phi) is 4.09. The summed E-state index contributed by atoms with van der Waals surface area (Å²) in [5.41, 5.74) is 3.33. The van der Waals surface area contributed by atoms with Crippen LogP contribution in [0.2, 0.25) is 0 Å². The number of halogens is 2. The third-order valence-electron chi connectivity index (χ3n) is 5.64. The highest BCUT2D eigenvalue weighted by atomic mass is 127. The summed E-state index contributed by atoms with van der Waals surface area (Å²) >= 11 is 4.57. The molecule has 0 saturated heterocycles. The zero-order chi connectivity index (χ0) is 20.7. The molecule has 0 unspecified atom stereocenters. The number of phenols is 2. The van der Waals surface area contributed by atoms with Crippen molar-refractivity contribution in [3.8, 4) is 23.0 Å². The van der Waals surface area contributed by atoms with E-state index in [0.717, 1.165) is 23.8 Å². The molecule has 3 aromatic carbocycles. The zero-order valence-corrected chi connectivity index (χ0v) is 19.7. The Morgan fingerprint density at radius 1 is 0.862 bits per heavy atom. The van der Waals surface area contributed by atoms with Crippen LogP contribution < -0.4 is 4.74 Å². The lowest BCUT2D eigenvalue weighted by Crippen LogP contribution is -2.33. The van der Waals surface area contributed by atoms with Gasteiger partial charge in [0.1, 0.15) is 23.0 Å². The van der Waals surface area contributed by atoms with Gasteiger partial charge in [-0.2, -0.15) is 0 Å². The molecule has 1 spiro atoms. The fourth-order valence-electron chi connectivity index (χ4n) is 4.17. The van der Waals surface area contributed by atoms with Crippen molar-refractivity contribution in [3.05, 3.63) is 76.9 Å². The van der Waals surface area contributed by atoms with Crippen molar-refractivity contribution in [2.24, 2.45) is 0 Å². The number of fused-ring (bicyclic) bond motifs is 6. The average molecular weight is 612 g/mol. The first-order valence-corrected chi connectivity index (χ1v) is 11.0. The van der Waals surface area contributed by atoms with Crippen LogP contribution in [0.1, 0.15) is 38.2 Å². The molecule has 0 saturated carbocycles. The molecule has 0 fully saturated rings. The fourth-order valence-corrected chi connectivity index (χ4v) is 5.89. The first kappa shape index (κ1) is 19.0. The number of aromatic hydroxyl groups is 2. The summed E-state index contributed by atoms with van der Waals surface area (Å²) in [4.78, 5) is 13.2. The Bertz CT molecular complexity index is 1200. The van der Waals surface area contributed by atoms with E-state index in [1.807, 2.05) is 13.8 Å². The first-order valence-electron chi connectivity index (χ1n) is 8.82. The highest BCUT2D eigenvalue weighted by molar-refractivity contribution is 14.1. The molecule has 0 bridgehead atoms. The predicted molar refractivity (Wildman–Crippen MR) is 123 cm³/mol. The van der Waals surface area contributed by atoms with Gasteiger partial charge in [0, 0.05) is 36.0 Å². The Labute approximate surface area is 193 Å². The molecule has 0 atom stereocenters. The number of carbonyl (C=O) groups is 1. The SMILES string of the molecule is Cc1c(C)c2c(c(I)c1I)C1(OC2=O)c2ccc(O)cc2Oc2cc(O)ccc21. The normalized spacial score (nSPS) is 15.4. The summed E-state index contributed by atoms with van der Waals surface area (Å²) in [6, 6.07) is 9.55. The number of carbonyl (C=O) groups excluding carboxylic acids is 1. The summed E-state index contributed by atoms with van der Waals surface area (Å²) in [7, 11) is 0. The maximum atomic E-state index is 13.2. The van der Waals surface area contributed by atoms with Crippen LogP contribution in [0.5, 0.6) is 23.0 Å². The maximum absolute atomic E-state index is 13.2. The van der Waals surface area contributed by atoms with Crippen LogP contribution in [0.3, 0.4) is 0 Å². The van der Waals surface area contributed by atoms with Gasteiger partial charge < -0.3 is 19.7 Å². The second-order valence-electron chi connectivity index (χ2n) is 7.16. The zero-order valence-electron chi connectivity index (χ0n) is 15.3. The third-order valence-corrected chi connectivity index (χ3v) is 9.10. The standard InChI is InChI=1S/C22H14I2O5/c1-9-10(2)19(23)20(24)18-17(9)21(27)29-22(18)13-5-3-11(25)7-15(13)28-16-8-12(26)4-6-14(16)22/h3-8,25-26H,1-2H3. The van der Waals surface area contributed by atoms with Gasteiger partial charge in [-0.25, -0.2) is 4.79 Å². The first-order chi connectivity index (χ1) is 13.8. The van der Waals surface area contributed by atoms with Gasteiger partial charge >= 0.3 is 5.97 Å². The number of benzene rings is 3. The Morgan fingerprint density at radius 2 is 1.41 bits per heavy atom. The van der Waals surface area contributed by atoms with Crippen LogP contribution in [0.25, 0.3) is 0 Å². The smallest absolute Gasteiger partial charge is 0.340 e. The molecule has 2 aliphatic heterocycles. The van der Waals surface area contributed by atoms with Crippen LogP contribution >= 0.6 is 45.2 Å². The van der Waals surface area contributed by atoms with Crippen molar-refractivity contribution < 1.29 is 24.5 Å². The van der Waals surface area contributed by atoms with E-state index in [-0.39, 0.29) is 11.5 Å². The molecule has 146 valence electrons. The van der Waals surface area contributed by atoms with Crippen molar-refractivity contribution in [2.45, 2.75) is 19.4 Å². The lowest BCUT2D eigenvalue weighted by molar-refractivity contribution is 0.0222. The number of rotatable bonds is 0. The monoisotopic (exact) mass is 612 g/mol. The predicted octanol–water partition coefficient (Wildman–Crippen LogP) is 5.49. The molecule has 5 nitrogen and oxygen atoms in total. The van der Waals surface area contributed by atoms with Gasteiger partial charge in [0.05, 0.1) is 5.56 Å². The molecule has 0 radical (unpaired) electrons. The van der Waals surface area contributed by atoms with Crippen LogP contribution in [0.15, 0.2) is 36.4 Å². The summed E-state index contributed by atoms with van der Waals surface area (Å²) in [6.07, 6.45) is 0. The summed E-state index contributed by atoms with van der Waals surface area (Å²) in [6.45, 7) is 3.93. The Balaban J connectivity index is 1.98. The topological polar surface area (TPSA) is 76.0 Å². The molecule has 0 amide bonds. The quantitative estimate of drug-likeness (QED) is 0.260. The lowest BCUT2D eigenvalue weighted by Gasteiger charge is -2.37.